The zero-order chi connectivity index (χ0) is 11.4. The van der Waals surface area contributed by atoms with Crippen LogP contribution in [0.3, 0.4) is 0 Å². The third-order valence-electron chi connectivity index (χ3n) is 3.01. The lowest BCUT2D eigenvalue weighted by molar-refractivity contribution is 0.322. The SMILES string of the molecule is CCCNC1CCN(Cc2sccc2Br)C1. The average Bonchev–Trinajstić information content (AvgIpc) is 2.87. The fourth-order valence-corrected chi connectivity index (χ4v) is 3.65. The van der Waals surface area contributed by atoms with Crippen molar-refractivity contribution < 1.29 is 0 Å². The lowest BCUT2D eigenvalue weighted by Crippen LogP contribution is -2.32. The lowest BCUT2D eigenvalue weighted by Gasteiger charge is -2.15. The summed E-state index contributed by atoms with van der Waals surface area (Å²) in [4.78, 5) is 4.00. The van der Waals surface area contributed by atoms with Gasteiger partial charge in [-0.15, -0.1) is 11.3 Å². The van der Waals surface area contributed by atoms with Gasteiger partial charge in [0.2, 0.25) is 0 Å². The first kappa shape index (κ1) is 12.6. The molecule has 1 unspecified atom stereocenters. The summed E-state index contributed by atoms with van der Waals surface area (Å²) >= 11 is 5.45. The van der Waals surface area contributed by atoms with Crippen LogP contribution in [0.15, 0.2) is 15.9 Å². The van der Waals surface area contributed by atoms with Gasteiger partial charge in [0.05, 0.1) is 0 Å². The fraction of sp³-hybridized carbons (Fsp3) is 0.667. The molecule has 0 radical (unpaired) electrons. The molecule has 2 heterocycles. The summed E-state index contributed by atoms with van der Waals surface area (Å²) in [5.41, 5.74) is 0. The topological polar surface area (TPSA) is 15.3 Å². The van der Waals surface area contributed by atoms with Gasteiger partial charge in [0, 0.05) is 35.0 Å². The first-order valence-corrected chi connectivity index (χ1v) is 7.64. The maximum Gasteiger partial charge on any atom is 0.0339 e. The van der Waals surface area contributed by atoms with E-state index >= 15 is 0 Å². The maximum atomic E-state index is 3.61. The number of hydrogen-bond donors (Lipinski definition) is 1. The molecular formula is C12H19BrN2S. The van der Waals surface area contributed by atoms with E-state index in [4.69, 9.17) is 0 Å². The molecule has 0 saturated carbocycles. The summed E-state index contributed by atoms with van der Waals surface area (Å²) in [6.45, 7) is 6.91. The Labute approximate surface area is 110 Å². The third kappa shape index (κ3) is 3.29. The number of halogens is 1. The van der Waals surface area contributed by atoms with E-state index in [1.54, 1.807) is 0 Å². The van der Waals surface area contributed by atoms with Crippen LogP contribution in [0.25, 0.3) is 0 Å². The van der Waals surface area contributed by atoms with Crippen LogP contribution >= 0.6 is 27.3 Å². The van der Waals surface area contributed by atoms with Crippen LogP contribution in [0.4, 0.5) is 0 Å². The van der Waals surface area contributed by atoms with Crippen molar-refractivity contribution in [2.45, 2.75) is 32.4 Å². The lowest BCUT2D eigenvalue weighted by atomic mass is 10.2. The number of nitrogens with one attached hydrogen (secondary N) is 1. The minimum Gasteiger partial charge on any atom is -0.313 e. The van der Waals surface area contributed by atoms with Gasteiger partial charge in [-0.05, 0) is 46.8 Å². The molecule has 0 aliphatic carbocycles. The Morgan fingerprint density at radius 1 is 1.62 bits per heavy atom. The van der Waals surface area contributed by atoms with E-state index in [1.807, 2.05) is 11.3 Å². The number of nitrogens with zero attached hydrogens (tertiary/aromatic N) is 1. The highest BCUT2D eigenvalue weighted by molar-refractivity contribution is 9.10. The average molecular weight is 303 g/mol. The van der Waals surface area contributed by atoms with Crippen LogP contribution in [0.2, 0.25) is 0 Å². The van der Waals surface area contributed by atoms with E-state index in [-0.39, 0.29) is 0 Å². The predicted molar refractivity (Wildman–Crippen MR) is 74.0 cm³/mol. The van der Waals surface area contributed by atoms with Gasteiger partial charge in [-0.25, -0.2) is 0 Å². The van der Waals surface area contributed by atoms with Gasteiger partial charge in [-0.1, -0.05) is 6.92 Å². The Balaban J connectivity index is 1.79. The molecule has 2 nitrogen and oxygen atoms in total. The molecule has 1 atom stereocenters. The molecule has 0 amide bonds. The van der Waals surface area contributed by atoms with Crippen LogP contribution in [-0.4, -0.2) is 30.6 Å². The van der Waals surface area contributed by atoms with E-state index in [1.165, 1.54) is 35.3 Å². The molecule has 0 aromatic carbocycles. The highest BCUT2D eigenvalue weighted by Gasteiger charge is 2.22. The molecule has 90 valence electrons. The fourth-order valence-electron chi connectivity index (χ4n) is 2.13. The Bertz CT molecular complexity index is 327. The number of hydrogen-bond acceptors (Lipinski definition) is 3. The quantitative estimate of drug-likeness (QED) is 0.899. The summed E-state index contributed by atoms with van der Waals surface area (Å²) in [6.07, 6.45) is 2.52. The summed E-state index contributed by atoms with van der Waals surface area (Å²) < 4.78 is 1.27. The van der Waals surface area contributed by atoms with Crippen LogP contribution in [0.5, 0.6) is 0 Å². The second-order valence-corrected chi connectivity index (χ2v) is 6.22. The van der Waals surface area contributed by atoms with Crippen LogP contribution in [-0.2, 0) is 6.54 Å². The standard InChI is InChI=1S/C12H19BrN2S/c1-2-5-14-10-3-6-15(8-10)9-12-11(13)4-7-16-12/h4,7,10,14H,2-3,5-6,8-9H2,1H3. The van der Waals surface area contributed by atoms with Crippen molar-refractivity contribution >= 4 is 27.3 Å². The van der Waals surface area contributed by atoms with Crippen molar-refractivity contribution in [3.05, 3.63) is 20.8 Å². The number of rotatable bonds is 5. The van der Waals surface area contributed by atoms with Gasteiger partial charge in [0.15, 0.2) is 0 Å². The Morgan fingerprint density at radius 3 is 3.19 bits per heavy atom. The summed E-state index contributed by atoms with van der Waals surface area (Å²) in [5, 5.41) is 5.76. The van der Waals surface area contributed by atoms with Gasteiger partial charge < -0.3 is 5.32 Å². The maximum absolute atomic E-state index is 3.61. The smallest absolute Gasteiger partial charge is 0.0339 e. The zero-order valence-corrected chi connectivity index (χ0v) is 12.1. The monoisotopic (exact) mass is 302 g/mol. The predicted octanol–water partition coefficient (Wildman–Crippen LogP) is 3.08. The van der Waals surface area contributed by atoms with E-state index in [0.29, 0.717) is 6.04 Å². The highest BCUT2D eigenvalue weighted by Crippen LogP contribution is 2.25. The Kier molecular flexibility index (Phi) is 4.82. The van der Waals surface area contributed by atoms with Crippen molar-refractivity contribution in [1.82, 2.24) is 10.2 Å². The van der Waals surface area contributed by atoms with Crippen molar-refractivity contribution in [3.63, 3.8) is 0 Å². The van der Waals surface area contributed by atoms with Gasteiger partial charge in [0.1, 0.15) is 0 Å². The van der Waals surface area contributed by atoms with E-state index < -0.39 is 0 Å². The summed E-state index contributed by atoms with van der Waals surface area (Å²) in [6, 6.07) is 2.85. The highest BCUT2D eigenvalue weighted by atomic mass is 79.9. The second kappa shape index (κ2) is 6.15. The van der Waals surface area contributed by atoms with Crippen molar-refractivity contribution in [2.75, 3.05) is 19.6 Å². The Morgan fingerprint density at radius 2 is 2.50 bits per heavy atom. The molecule has 2 rings (SSSR count). The molecule has 1 saturated heterocycles. The van der Waals surface area contributed by atoms with E-state index in [0.717, 1.165) is 13.1 Å². The van der Waals surface area contributed by atoms with Gasteiger partial charge in [-0.2, -0.15) is 0 Å². The van der Waals surface area contributed by atoms with Crippen molar-refractivity contribution in [3.8, 4) is 0 Å². The van der Waals surface area contributed by atoms with E-state index in [2.05, 4.69) is 44.5 Å². The molecule has 0 spiro atoms. The summed E-state index contributed by atoms with van der Waals surface area (Å²) in [5.74, 6) is 0. The molecule has 1 aromatic heterocycles. The van der Waals surface area contributed by atoms with Crippen LogP contribution in [0, 0.1) is 0 Å². The molecule has 1 fully saturated rings. The molecule has 1 N–H and O–H groups in total. The van der Waals surface area contributed by atoms with Gasteiger partial charge in [-0.3, -0.25) is 4.90 Å². The number of thiophene rings is 1. The molecule has 1 aliphatic rings. The molecule has 1 aromatic rings. The van der Waals surface area contributed by atoms with Gasteiger partial charge >= 0.3 is 0 Å². The largest absolute Gasteiger partial charge is 0.313 e. The van der Waals surface area contributed by atoms with Crippen LogP contribution < -0.4 is 5.32 Å². The molecule has 1 aliphatic heterocycles. The first-order valence-electron chi connectivity index (χ1n) is 5.97. The third-order valence-corrected chi connectivity index (χ3v) is 4.92. The van der Waals surface area contributed by atoms with Crippen LogP contribution in [0.1, 0.15) is 24.6 Å². The first-order chi connectivity index (χ1) is 7.79. The Hall–Kier alpha value is 0.100. The minimum absolute atomic E-state index is 0.707. The minimum atomic E-state index is 0.707. The summed E-state index contributed by atoms with van der Waals surface area (Å²) in [7, 11) is 0. The molecule has 16 heavy (non-hydrogen) atoms. The molecule has 4 heteroatoms. The van der Waals surface area contributed by atoms with Crippen molar-refractivity contribution in [2.24, 2.45) is 0 Å². The normalized spacial score (nSPS) is 21.8. The number of likely N-dealkylation sites (tertiary alicyclic amines) is 1. The molecule has 0 bridgehead atoms. The van der Waals surface area contributed by atoms with Crippen molar-refractivity contribution in [1.29, 1.82) is 0 Å². The van der Waals surface area contributed by atoms with Gasteiger partial charge in [0.25, 0.3) is 0 Å². The second-order valence-electron chi connectivity index (χ2n) is 4.37. The van der Waals surface area contributed by atoms with E-state index in [9.17, 15) is 0 Å². The zero-order valence-electron chi connectivity index (χ0n) is 9.71. The molecular weight excluding hydrogens is 284 g/mol.